The molecule has 0 aliphatic carbocycles. The van der Waals surface area contributed by atoms with Crippen LogP contribution in [-0.2, 0) is 9.59 Å². The molecule has 5 N–H and O–H groups in total. The molecule has 21 heavy (non-hydrogen) atoms. The molecule has 1 rings (SSSR count). The average Bonchev–Trinajstić information content (AvgIpc) is 2.38. The molecule has 0 bridgehead atoms. The Morgan fingerprint density at radius 3 is 2.57 bits per heavy atom. The Labute approximate surface area is 127 Å². The summed E-state index contributed by atoms with van der Waals surface area (Å²) in [5.74, 6) is -2.54. The molecule has 0 aliphatic heterocycles. The first-order valence-electron chi connectivity index (χ1n) is 5.83. The van der Waals surface area contributed by atoms with Crippen molar-refractivity contribution in [1.29, 1.82) is 0 Å². The minimum atomic E-state index is -1.30. The highest BCUT2D eigenvalue weighted by molar-refractivity contribution is 9.10. The van der Waals surface area contributed by atoms with Gasteiger partial charge in [0.25, 0.3) is 0 Å². The summed E-state index contributed by atoms with van der Waals surface area (Å²) in [6.45, 7) is 0. The summed E-state index contributed by atoms with van der Waals surface area (Å²) in [5.41, 5.74) is 5.08. The Balaban J connectivity index is 2.62. The van der Waals surface area contributed by atoms with E-state index < -0.39 is 29.8 Å². The molecule has 1 atom stereocenters. The number of halogens is 2. The van der Waals surface area contributed by atoms with Gasteiger partial charge in [-0.15, -0.1) is 0 Å². The van der Waals surface area contributed by atoms with Crippen LogP contribution in [0, 0.1) is 5.82 Å². The number of urea groups is 1. The molecule has 0 radical (unpaired) electrons. The standard InChI is InChI=1S/C12H13BrFN3O4/c13-7-2-1-6(5-8(7)14)16-12(21)17-9(11(19)20)3-4-10(15)18/h1-2,5,9H,3-4H2,(H2,15,18)(H,19,20)(H2,16,17,21). The van der Waals surface area contributed by atoms with Gasteiger partial charge in [0.15, 0.2) is 0 Å². The van der Waals surface area contributed by atoms with Gasteiger partial charge in [0.2, 0.25) is 5.91 Å². The van der Waals surface area contributed by atoms with Crippen molar-refractivity contribution in [2.24, 2.45) is 5.73 Å². The zero-order valence-corrected chi connectivity index (χ0v) is 12.3. The summed E-state index contributed by atoms with van der Waals surface area (Å²) in [6, 6.07) is 1.81. The molecule has 114 valence electrons. The van der Waals surface area contributed by atoms with Crippen LogP contribution in [0.3, 0.4) is 0 Å². The van der Waals surface area contributed by atoms with Gasteiger partial charge in [-0.3, -0.25) is 4.79 Å². The molecule has 0 saturated heterocycles. The van der Waals surface area contributed by atoms with Gasteiger partial charge >= 0.3 is 12.0 Å². The Morgan fingerprint density at radius 1 is 1.38 bits per heavy atom. The van der Waals surface area contributed by atoms with Crippen LogP contribution in [0.4, 0.5) is 14.9 Å². The molecule has 0 spiro atoms. The van der Waals surface area contributed by atoms with E-state index >= 15 is 0 Å². The molecule has 1 unspecified atom stereocenters. The smallest absolute Gasteiger partial charge is 0.326 e. The first kappa shape index (κ1) is 16.9. The number of rotatable bonds is 6. The van der Waals surface area contributed by atoms with Crippen molar-refractivity contribution < 1.29 is 23.9 Å². The maximum Gasteiger partial charge on any atom is 0.326 e. The number of amides is 3. The number of primary amides is 1. The second kappa shape index (κ2) is 7.58. The highest BCUT2D eigenvalue weighted by Crippen LogP contribution is 2.19. The van der Waals surface area contributed by atoms with Crippen LogP contribution in [0.1, 0.15) is 12.8 Å². The number of hydrogen-bond donors (Lipinski definition) is 4. The molecular weight excluding hydrogens is 349 g/mol. The fraction of sp³-hybridized carbons (Fsp3) is 0.250. The summed E-state index contributed by atoms with van der Waals surface area (Å²) in [7, 11) is 0. The van der Waals surface area contributed by atoms with Crippen molar-refractivity contribution >= 4 is 39.5 Å². The monoisotopic (exact) mass is 361 g/mol. The number of carbonyl (C=O) groups excluding carboxylic acids is 2. The maximum atomic E-state index is 13.3. The number of nitrogens with one attached hydrogen (secondary N) is 2. The topological polar surface area (TPSA) is 122 Å². The zero-order valence-electron chi connectivity index (χ0n) is 10.7. The lowest BCUT2D eigenvalue weighted by atomic mass is 10.1. The SMILES string of the molecule is NC(=O)CCC(NC(=O)Nc1ccc(Br)c(F)c1)C(=O)O. The van der Waals surface area contributed by atoms with Crippen LogP contribution in [0.25, 0.3) is 0 Å². The average molecular weight is 362 g/mol. The third-order valence-corrected chi connectivity index (χ3v) is 3.10. The minimum absolute atomic E-state index is 0.132. The number of hydrogen-bond acceptors (Lipinski definition) is 3. The van der Waals surface area contributed by atoms with Gasteiger partial charge < -0.3 is 21.5 Å². The predicted octanol–water partition coefficient (Wildman–Crippen LogP) is 1.43. The maximum absolute atomic E-state index is 13.3. The Bertz CT molecular complexity index is 567. The summed E-state index contributed by atoms with van der Waals surface area (Å²) in [5, 5.41) is 13.4. The van der Waals surface area contributed by atoms with Gasteiger partial charge in [0, 0.05) is 12.1 Å². The highest BCUT2D eigenvalue weighted by Gasteiger charge is 2.20. The summed E-state index contributed by atoms with van der Waals surface area (Å²) in [4.78, 5) is 33.2. The first-order chi connectivity index (χ1) is 9.79. The van der Waals surface area contributed by atoms with E-state index in [4.69, 9.17) is 10.8 Å². The number of nitrogens with two attached hydrogens (primary N) is 1. The molecular formula is C12H13BrFN3O4. The van der Waals surface area contributed by atoms with Crippen LogP contribution in [-0.4, -0.2) is 29.1 Å². The van der Waals surface area contributed by atoms with Crippen molar-refractivity contribution in [2.75, 3.05) is 5.32 Å². The molecule has 7 nitrogen and oxygen atoms in total. The largest absolute Gasteiger partial charge is 0.480 e. The van der Waals surface area contributed by atoms with E-state index in [1.807, 2.05) is 0 Å². The number of carboxylic acid groups (broad SMARTS) is 1. The van der Waals surface area contributed by atoms with Crippen molar-refractivity contribution in [3.8, 4) is 0 Å². The van der Waals surface area contributed by atoms with Gasteiger partial charge in [-0.25, -0.2) is 14.0 Å². The normalized spacial score (nSPS) is 11.5. The second-order valence-corrected chi connectivity index (χ2v) is 4.98. The number of benzene rings is 1. The summed E-state index contributed by atoms with van der Waals surface area (Å²) < 4.78 is 13.5. The summed E-state index contributed by atoms with van der Waals surface area (Å²) in [6.07, 6.45) is -0.309. The molecule has 3 amide bonds. The van der Waals surface area contributed by atoms with Gasteiger partial charge in [0.1, 0.15) is 11.9 Å². The summed E-state index contributed by atoms with van der Waals surface area (Å²) >= 11 is 2.96. The number of carboxylic acids is 1. The quantitative estimate of drug-likeness (QED) is 0.612. The minimum Gasteiger partial charge on any atom is -0.480 e. The van der Waals surface area contributed by atoms with Crippen molar-refractivity contribution in [2.45, 2.75) is 18.9 Å². The zero-order chi connectivity index (χ0) is 16.0. The highest BCUT2D eigenvalue weighted by atomic mass is 79.9. The van der Waals surface area contributed by atoms with Crippen LogP contribution in [0.5, 0.6) is 0 Å². The Hall–Kier alpha value is -2.16. The number of aliphatic carboxylic acids is 1. The second-order valence-electron chi connectivity index (χ2n) is 4.12. The predicted molar refractivity (Wildman–Crippen MR) is 76.1 cm³/mol. The molecule has 1 aromatic carbocycles. The van der Waals surface area contributed by atoms with E-state index in [1.54, 1.807) is 0 Å². The van der Waals surface area contributed by atoms with Crippen molar-refractivity contribution in [3.63, 3.8) is 0 Å². The van der Waals surface area contributed by atoms with E-state index in [0.29, 0.717) is 0 Å². The molecule has 1 aromatic rings. The Morgan fingerprint density at radius 2 is 2.05 bits per heavy atom. The molecule has 0 heterocycles. The van der Waals surface area contributed by atoms with Crippen molar-refractivity contribution in [1.82, 2.24) is 5.32 Å². The van der Waals surface area contributed by atoms with Crippen LogP contribution < -0.4 is 16.4 Å². The molecule has 0 aliphatic rings. The third kappa shape index (κ3) is 5.78. The van der Waals surface area contributed by atoms with Crippen LogP contribution in [0.15, 0.2) is 22.7 Å². The van der Waals surface area contributed by atoms with E-state index in [0.717, 1.165) is 6.07 Å². The fourth-order valence-corrected chi connectivity index (χ4v) is 1.69. The molecule has 9 heteroatoms. The lowest BCUT2D eigenvalue weighted by molar-refractivity contribution is -0.139. The van der Waals surface area contributed by atoms with Crippen LogP contribution in [0.2, 0.25) is 0 Å². The molecule has 0 saturated carbocycles. The lowest BCUT2D eigenvalue weighted by Gasteiger charge is -2.14. The number of anilines is 1. The van der Waals surface area contributed by atoms with E-state index in [2.05, 4.69) is 26.6 Å². The van der Waals surface area contributed by atoms with Gasteiger partial charge in [-0.2, -0.15) is 0 Å². The van der Waals surface area contributed by atoms with E-state index in [9.17, 15) is 18.8 Å². The lowest BCUT2D eigenvalue weighted by Crippen LogP contribution is -2.43. The van der Waals surface area contributed by atoms with E-state index in [1.165, 1.54) is 12.1 Å². The number of carbonyl (C=O) groups is 3. The fourth-order valence-electron chi connectivity index (χ4n) is 1.44. The van der Waals surface area contributed by atoms with Crippen molar-refractivity contribution in [3.05, 3.63) is 28.5 Å². The van der Waals surface area contributed by atoms with Gasteiger partial charge in [0.05, 0.1) is 4.47 Å². The first-order valence-corrected chi connectivity index (χ1v) is 6.62. The van der Waals surface area contributed by atoms with E-state index in [-0.39, 0.29) is 23.0 Å². The Kier molecular flexibility index (Phi) is 6.10. The molecule has 0 aromatic heterocycles. The van der Waals surface area contributed by atoms with Crippen LogP contribution >= 0.6 is 15.9 Å². The molecule has 0 fully saturated rings. The van der Waals surface area contributed by atoms with Gasteiger partial charge in [-0.1, -0.05) is 0 Å². The van der Waals surface area contributed by atoms with Gasteiger partial charge in [-0.05, 0) is 40.5 Å². The third-order valence-electron chi connectivity index (χ3n) is 2.46.